The Bertz CT molecular complexity index is 1170. The molecule has 10 heteroatoms. The number of nitrogens with one attached hydrogen (secondary N) is 1. The summed E-state index contributed by atoms with van der Waals surface area (Å²) in [5, 5.41) is 11.8. The first-order valence-electron chi connectivity index (χ1n) is 9.34. The normalized spacial score (nSPS) is 10.6. The molecule has 0 atom stereocenters. The van der Waals surface area contributed by atoms with Crippen LogP contribution in [-0.4, -0.2) is 37.6 Å². The number of hydrogen-bond acceptors (Lipinski definition) is 6. The van der Waals surface area contributed by atoms with Crippen LogP contribution in [0.4, 0.5) is 5.95 Å². The van der Waals surface area contributed by atoms with Gasteiger partial charge in [0.1, 0.15) is 17.8 Å². The SMILES string of the molecule is COc1ccc(OCn2ccc(C(=O)Nc3ncn(Cc4cccc(Cl)c4)n3)n2)cc1. The van der Waals surface area contributed by atoms with Gasteiger partial charge in [0.25, 0.3) is 5.91 Å². The number of amides is 1. The molecular weight excluding hydrogens is 420 g/mol. The van der Waals surface area contributed by atoms with Crippen molar-refractivity contribution in [2.45, 2.75) is 13.3 Å². The average Bonchev–Trinajstić information content (AvgIpc) is 3.42. The summed E-state index contributed by atoms with van der Waals surface area (Å²) in [5.41, 5.74) is 1.20. The van der Waals surface area contributed by atoms with Crippen molar-refractivity contribution in [1.29, 1.82) is 0 Å². The van der Waals surface area contributed by atoms with E-state index in [4.69, 9.17) is 21.1 Å². The zero-order chi connectivity index (χ0) is 21.6. The fourth-order valence-corrected chi connectivity index (χ4v) is 3.00. The predicted molar refractivity (Wildman–Crippen MR) is 114 cm³/mol. The highest BCUT2D eigenvalue weighted by Crippen LogP contribution is 2.17. The second-order valence-corrected chi connectivity index (χ2v) is 6.98. The first-order chi connectivity index (χ1) is 15.1. The van der Waals surface area contributed by atoms with Crippen molar-refractivity contribution in [1.82, 2.24) is 24.5 Å². The highest BCUT2D eigenvalue weighted by atomic mass is 35.5. The Morgan fingerprint density at radius 2 is 1.87 bits per heavy atom. The largest absolute Gasteiger partial charge is 0.497 e. The lowest BCUT2D eigenvalue weighted by atomic mass is 10.2. The molecule has 0 spiro atoms. The maximum Gasteiger partial charge on any atom is 0.278 e. The minimum Gasteiger partial charge on any atom is -0.497 e. The molecule has 0 aliphatic heterocycles. The fourth-order valence-electron chi connectivity index (χ4n) is 2.78. The molecule has 2 aromatic carbocycles. The minimum atomic E-state index is -0.413. The zero-order valence-corrected chi connectivity index (χ0v) is 17.4. The molecule has 0 fully saturated rings. The molecule has 2 heterocycles. The number of benzene rings is 2. The molecule has 2 aromatic heterocycles. The molecule has 0 saturated carbocycles. The Morgan fingerprint density at radius 3 is 2.65 bits per heavy atom. The lowest BCUT2D eigenvalue weighted by Gasteiger charge is -2.07. The van der Waals surface area contributed by atoms with Gasteiger partial charge in [-0.2, -0.15) is 5.10 Å². The Labute approximate surface area is 183 Å². The number of halogens is 1. The van der Waals surface area contributed by atoms with Gasteiger partial charge in [-0.05, 0) is 48.0 Å². The van der Waals surface area contributed by atoms with Crippen molar-refractivity contribution >= 4 is 23.5 Å². The lowest BCUT2D eigenvalue weighted by molar-refractivity contribution is 0.101. The van der Waals surface area contributed by atoms with Crippen LogP contribution in [-0.2, 0) is 13.3 Å². The number of nitrogens with zero attached hydrogens (tertiary/aromatic N) is 5. The van der Waals surface area contributed by atoms with Gasteiger partial charge in [-0.3, -0.25) is 10.1 Å². The summed E-state index contributed by atoms with van der Waals surface area (Å²) in [4.78, 5) is 16.6. The van der Waals surface area contributed by atoms with E-state index in [1.165, 1.54) is 11.0 Å². The summed E-state index contributed by atoms with van der Waals surface area (Å²) in [6.45, 7) is 0.646. The van der Waals surface area contributed by atoms with Gasteiger partial charge in [-0.15, -0.1) is 5.10 Å². The number of carbonyl (C=O) groups is 1. The summed E-state index contributed by atoms with van der Waals surface area (Å²) in [6, 6.07) is 16.2. The van der Waals surface area contributed by atoms with Crippen LogP contribution in [0, 0.1) is 0 Å². The summed E-state index contributed by atoms with van der Waals surface area (Å²) in [5.74, 6) is 1.19. The maximum atomic E-state index is 12.4. The van der Waals surface area contributed by atoms with Crippen LogP contribution < -0.4 is 14.8 Å². The molecule has 4 aromatic rings. The van der Waals surface area contributed by atoms with E-state index in [1.807, 2.05) is 18.2 Å². The molecule has 1 amide bonds. The van der Waals surface area contributed by atoms with E-state index in [2.05, 4.69) is 20.5 Å². The number of methoxy groups -OCH3 is 1. The molecule has 0 aliphatic rings. The Hall–Kier alpha value is -3.85. The van der Waals surface area contributed by atoms with Crippen LogP contribution in [0.5, 0.6) is 11.5 Å². The van der Waals surface area contributed by atoms with Crippen molar-refractivity contribution in [2.75, 3.05) is 12.4 Å². The molecule has 4 rings (SSSR count). The Balaban J connectivity index is 1.32. The van der Waals surface area contributed by atoms with Crippen molar-refractivity contribution in [2.24, 2.45) is 0 Å². The lowest BCUT2D eigenvalue weighted by Crippen LogP contribution is -2.15. The maximum absolute atomic E-state index is 12.4. The van der Waals surface area contributed by atoms with Gasteiger partial charge in [0.15, 0.2) is 12.4 Å². The minimum absolute atomic E-state index is 0.159. The van der Waals surface area contributed by atoms with E-state index in [0.717, 1.165) is 11.3 Å². The van der Waals surface area contributed by atoms with Crippen LogP contribution in [0.15, 0.2) is 67.1 Å². The smallest absolute Gasteiger partial charge is 0.278 e. The first kappa shape index (κ1) is 20.4. The third-order valence-corrected chi connectivity index (χ3v) is 4.53. The molecule has 158 valence electrons. The van der Waals surface area contributed by atoms with E-state index in [9.17, 15) is 4.79 Å². The number of anilines is 1. The highest BCUT2D eigenvalue weighted by Gasteiger charge is 2.13. The van der Waals surface area contributed by atoms with Gasteiger partial charge in [-0.25, -0.2) is 14.3 Å². The first-order valence-corrected chi connectivity index (χ1v) is 9.72. The van der Waals surface area contributed by atoms with Gasteiger partial charge in [0, 0.05) is 11.2 Å². The molecule has 9 nitrogen and oxygen atoms in total. The second-order valence-electron chi connectivity index (χ2n) is 6.54. The summed E-state index contributed by atoms with van der Waals surface area (Å²) >= 11 is 6.00. The quantitative estimate of drug-likeness (QED) is 0.452. The molecule has 0 unspecified atom stereocenters. The molecule has 1 N–H and O–H groups in total. The topological polar surface area (TPSA) is 96.1 Å². The van der Waals surface area contributed by atoms with Crippen LogP contribution in [0.2, 0.25) is 5.02 Å². The fraction of sp³-hybridized carbons (Fsp3) is 0.143. The second kappa shape index (κ2) is 9.31. The number of ether oxygens (including phenoxy) is 2. The van der Waals surface area contributed by atoms with E-state index in [0.29, 0.717) is 17.3 Å². The molecular formula is C21H19ClN6O3. The molecule has 0 radical (unpaired) electrons. The summed E-state index contributed by atoms with van der Waals surface area (Å²) < 4.78 is 13.9. The molecule has 0 aliphatic carbocycles. The van der Waals surface area contributed by atoms with Gasteiger partial charge in [0.05, 0.1) is 13.7 Å². The summed E-state index contributed by atoms with van der Waals surface area (Å²) in [7, 11) is 1.60. The van der Waals surface area contributed by atoms with Crippen LogP contribution in [0.3, 0.4) is 0 Å². The third kappa shape index (κ3) is 5.40. The van der Waals surface area contributed by atoms with Crippen LogP contribution in [0.1, 0.15) is 16.1 Å². The Morgan fingerprint density at radius 1 is 1.06 bits per heavy atom. The van der Waals surface area contributed by atoms with Gasteiger partial charge in [0.2, 0.25) is 5.95 Å². The molecule has 0 bridgehead atoms. The van der Waals surface area contributed by atoms with Gasteiger partial charge < -0.3 is 9.47 Å². The zero-order valence-electron chi connectivity index (χ0n) is 16.6. The van der Waals surface area contributed by atoms with Crippen LogP contribution in [0.25, 0.3) is 0 Å². The summed E-state index contributed by atoms with van der Waals surface area (Å²) in [6.07, 6.45) is 3.20. The number of rotatable bonds is 8. The standard InChI is InChI=1S/C21H19ClN6O3/c1-30-17-5-7-18(8-6-17)31-14-27-10-9-19(25-27)20(29)24-21-23-13-28(26-21)12-15-3-2-4-16(22)11-15/h2-11,13H,12,14H2,1H3,(H,24,26,29). The monoisotopic (exact) mass is 438 g/mol. The van der Waals surface area contributed by atoms with E-state index in [-0.39, 0.29) is 18.4 Å². The third-order valence-electron chi connectivity index (χ3n) is 4.29. The number of carbonyl (C=O) groups excluding carboxylic acids is 1. The van der Waals surface area contributed by atoms with Gasteiger partial charge >= 0.3 is 0 Å². The van der Waals surface area contributed by atoms with E-state index in [1.54, 1.807) is 54.4 Å². The highest BCUT2D eigenvalue weighted by molar-refractivity contribution is 6.30. The predicted octanol–water partition coefficient (Wildman–Crippen LogP) is 3.47. The van der Waals surface area contributed by atoms with E-state index >= 15 is 0 Å². The van der Waals surface area contributed by atoms with Gasteiger partial charge in [-0.1, -0.05) is 23.7 Å². The average molecular weight is 439 g/mol. The van der Waals surface area contributed by atoms with Crippen molar-refractivity contribution in [3.63, 3.8) is 0 Å². The molecule has 0 saturated heterocycles. The number of hydrogen-bond donors (Lipinski definition) is 1. The Kier molecular flexibility index (Phi) is 6.13. The van der Waals surface area contributed by atoms with E-state index < -0.39 is 5.91 Å². The van der Waals surface area contributed by atoms with Crippen LogP contribution >= 0.6 is 11.6 Å². The van der Waals surface area contributed by atoms with Crippen molar-refractivity contribution < 1.29 is 14.3 Å². The van der Waals surface area contributed by atoms with Crippen molar-refractivity contribution in [3.8, 4) is 11.5 Å². The molecule has 31 heavy (non-hydrogen) atoms. The number of aromatic nitrogens is 5. The van der Waals surface area contributed by atoms with Crippen molar-refractivity contribution in [3.05, 3.63) is 83.4 Å².